The largest absolute Gasteiger partial charge is 0.361 e. The Balaban J connectivity index is 2.15. The van der Waals surface area contributed by atoms with E-state index in [0.29, 0.717) is 24.4 Å². The lowest BCUT2D eigenvalue weighted by molar-refractivity contribution is -0.149. The Labute approximate surface area is 112 Å². The molecule has 104 valence electrons. The van der Waals surface area contributed by atoms with E-state index in [0.717, 1.165) is 6.42 Å². The van der Waals surface area contributed by atoms with Crippen LogP contribution in [0.5, 0.6) is 0 Å². The summed E-state index contributed by atoms with van der Waals surface area (Å²) in [6, 6.07) is 0.890. The van der Waals surface area contributed by atoms with Gasteiger partial charge in [-0.25, -0.2) is 0 Å². The molecule has 1 aromatic rings. The van der Waals surface area contributed by atoms with Crippen molar-refractivity contribution in [2.75, 3.05) is 0 Å². The first-order valence-corrected chi connectivity index (χ1v) is 6.56. The molecule has 1 aliphatic heterocycles. The van der Waals surface area contributed by atoms with Crippen molar-refractivity contribution in [3.05, 3.63) is 17.5 Å². The maximum atomic E-state index is 12.3. The standard InChI is InChI=1S/C13H19N3O3/c1-4-5-11-13(18)16(9(3)12(17)14-11)7-10-6-8(2)19-15-10/h6,9,11H,4-5,7H2,1-3H3,(H,14,17). The Kier molecular flexibility index (Phi) is 3.87. The average Bonchev–Trinajstić information content (AvgIpc) is 2.77. The minimum absolute atomic E-state index is 0.0467. The zero-order valence-corrected chi connectivity index (χ0v) is 11.5. The first-order chi connectivity index (χ1) is 9.02. The summed E-state index contributed by atoms with van der Waals surface area (Å²) in [7, 11) is 0. The third-order valence-electron chi connectivity index (χ3n) is 3.33. The molecule has 1 aliphatic rings. The number of hydrogen-bond donors (Lipinski definition) is 1. The second kappa shape index (κ2) is 5.42. The lowest BCUT2D eigenvalue weighted by Gasteiger charge is -2.36. The van der Waals surface area contributed by atoms with Crippen LogP contribution in [-0.2, 0) is 16.1 Å². The van der Waals surface area contributed by atoms with E-state index in [1.165, 1.54) is 0 Å². The number of hydrogen-bond acceptors (Lipinski definition) is 4. The molecule has 2 atom stereocenters. The number of aromatic nitrogens is 1. The maximum Gasteiger partial charge on any atom is 0.246 e. The van der Waals surface area contributed by atoms with Crippen molar-refractivity contribution in [3.8, 4) is 0 Å². The number of nitrogens with zero attached hydrogens (tertiary/aromatic N) is 2. The van der Waals surface area contributed by atoms with Crippen molar-refractivity contribution in [2.24, 2.45) is 0 Å². The van der Waals surface area contributed by atoms with Crippen molar-refractivity contribution >= 4 is 11.8 Å². The fourth-order valence-corrected chi connectivity index (χ4v) is 2.25. The van der Waals surface area contributed by atoms with E-state index >= 15 is 0 Å². The van der Waals surface area contributed by atoms with Crippen LogP contribution in [0, 0.1) is 6.92 Å². The summed E-state index contributed by atoms with van der Waals surface area (Å²) < 4.78 is 4.99. The molecule has 6 nitrogen and oxygen atoms in total. The molecular weight excluding hydrogens is 246 g/mol. The Bertz CT molecular complexity index is 483. The molecule has 1 aromatic heterocycles. The van der Waals surface area contributed by atoms with Crippen LogP contribution in [0.15, 0.2) is 10.6 Å². The van der Waals surface area contributed by atoms with Crippen molar-refractivity contribution < 1.29 is 14.1 Å². The number of aryl methyl sites for hydroxylation is 1. The smallest absolute Gasteiger partial charge is 0.246 e. The quantitative estimate of drug-likeness (QED) is 0.881. The highest BCUT2D eigenvalue weighted by Crippen LogP contribution is 2.16. The van der Waals surface area contributed by atoms with Crippen LogP contribution in [0.25, 0.3) is 0 Å². The Morgan fingerprint density at radius 3 is 2.79 bits per heavy atom. The molecule has 0 radical (unpaired) electrons. The van der Waals surface area contributed by atoms with Gasteiger partial charge in [0.05, 0.1) is 6.54 Å². The van der Waals surface area contributed by atoms with Crippen LogP contribution < -0.4 is 5.32 Å². The van der Waals surface area contributed by atoms with E-state index in [1.54, 1.807) is 24.8 Å². The van der Waals surface area contributed by atoms with Gasteiger partial charge in [0.25, 0.3) is 0 Å². The van der Waals surface area contributed by atoms with E-state index < -0.39 is 12.1 Å². The minimum Gasteiger partial charge on any atom is -0.361 e. The van der Waals surface area contributed by atoms with Crippen LogP contribution in [-0.4, -0.2) is 34.0 Å². The number of amides is 2. The van der Waals surface area contributed by atoms with Crippen LogP contribution in [0.4, 0.5) is 0 Å². The van der Waals surface area contributed by atoms with E-state index in [4.69, 9.17) is 4.52 Å². The molecular formula is C13H19N3O3. The molecule has 0 saturated carbocycles. The van der Waals surface area contributed by atoms with Crippen molar-refractivity contribution in [3.63, 3.8) is 0 Å². The van der Waals surface area contributed by atoms with Crippen LogP contribution in [0.2, 0.25) is 0 Å². The summed E-state index contributed by atoms with van der Waals surface area (Å²) in [4.78, 5) is 25.8. The second-order valence-corrected chi connectivity index (χ2v) is 4.92. The SMILES string of the molecule is CCCC1NC(=O)C(C)N(Cc2cc(C)on2)C1=O. The topological polar surface area (TPSA) is 75.4 Å². The normalized spacial score (nSPS) is 23.6. The summed E-state index contributed by atoms with van der Waals surface area (Å²) >= 11 is 0. The zero-order valence-electron chi connectivity index (χ0n) is 11.5. The van der Waals surface area contributed by atoms with Gasteiger partial charge in [0.1, 0.15) is 23.5 Å². The number of rotatable bonds is 4. The highest BCUT2D eigenvalue weighted by molar-refractivity contribution is 5.96. The van der Waals surface area contributed by atoms with E-state index in [1.807, 2.05) is 6.92 Å². The summed E-state index contributed by atoms with van der Waals surface area (Å²) in [6.45, 7) is 5.82. The molecule has 1 fully saturated rings. The third kappa shape index (κ3) is 2.77. The van der Waals surface area contributed by atoms with Gasteiger partial charge in [0.2, 0.25) is 11.8 Å². The molecule has 0 aliphatic carbocycles. The summed E-state index contributed by atoms with van der Waals surface area (Å²) in [5.74, 6) is 0.537. The fourth-order valence-electron chi connectivity index (χ4n) is 2.25. The molecule has 19 heavy (non-hydrogen) atoms. The summed E-state index contributed by atoms with van der Waals surface area (Å²) in [5, 5.41) is 6.64. The lowest BCUT2D eigenvalue weighted by Crippen LogP contribution is -2.61. The fraction of sp³-hybridized carbons (Fsp3) is 0.615. The van der Waals surface area contributed by atoms with Gasteiger partial charge in [-0.15, -0.1) is 0 Å². The van der Waals surface area contributed by atoms with E-state index in [-0.39, 0.29) is 11.8 Å². The van der Waals surface area contributed by atoms with Gasteiger partial charge in [-0.05, 0) is 20.3 Å². The van der Waals surface area contributed by atoms with Crippen LogP contribution in [0.3, 0.4) is 0 Å². The number of nitrogens with one attached hydrogen (secondary N) is 1. The molecule has 2 amide bonds. The van der Waals surface area contributed by atoms with Gasteiger partial charge in [-0.3, -0.25) is 9.59 Å². The van der Waals surface area contributed by atoms with Gasteiger partial charge >= 0.3 is 0 Å². The highest BCUT2D eigenvalue weighted by atomic mass is 16.5. The molecule has 0 bridgehead atoms. The zero-order chi connectivity index (χ0) is 14.0. The predicted octanol–water partition coefficient (Wildman–Crippen LogP) is 0.999. The molecule has 1 saturated heterocycles. The van der Waals surface area contributed by atoms with Gasteiger partial charge < -0.3 is 14.7 Å². The van der Waals surface area contributed by atoms with Crippen LogP contribution in [0.1, 0.15) is 38.1 Å². The monoisotopic (exact) mass is 265 g/mol. The molecule has 2 rings (SSSR count). The first-order valence-electron chi connectivity index (χ1n) is 6.56. The number of carbonyl (C=O) groups excluding carboxylic acids is 2. The van der Waals surface area contributed by atoms with E-state index in [9.17, 15) is 9.59 Å². The van der Waals surface area contributed by atoms with Crippen LogP contribution >= 0.6 is 0 Å². The Hall–Kier alpha value is -1.85. The molecule has 2 heterocycles. The third-order valence-corrected chi connectivity index (χ3v) is 3.33. The Morgan fingerprint density at radius 1 is 1.47 bits per heavy atom. The average molecular weight is 265 g/mol. The second-order valence-electron chi connectivity index (χ2n) is 4.92. The predicted molar refractivity (Wildman–Crippen MR) is 68.1 cm³/mol. The molecule has 6 heteroatoms. The highest BCUT2D eigenvalue weighted by Gasteiger charge is 2.37. The van der Waals surface area contributed by atoms with Gasteiger partial charge in [-0.2, -0.15) is 0 Å². The molecule has 0 spiro atoms. The number of piperazine rings is 1. The van der Waals surface area contributed by atoms with Gasteiger partial charge in [0.15, 0.2) is 0 Å². The van der Waals surface area contributed by atoms with E-state index in [2.05, 4.69) is 10.5 Å². The maximum absolute atomic E-state index is 12.3. The Morgan fingerprint density at radius 2 is 2.21 bits per heavy atom. The van der Waals surface area contributed by atoms with Crippen molar-refractivity contribution in [1.29, 1.82) is 0 Å². The minimum atomic E-state index is -0.474. The molecule has 1 N–H and O–H groups in total. The van der Waals surface area contributed by atoms with Crippen molar-refractivity contribution in [2.45, 2.75) is 52.2 Å². The summed E-state index contributed by atoms with van der Waals surface area (Å²) in [6.07, 6.45) is 1.51. The lowest BCUT2D eigenvalue weighted by atomic mass is 10.0. The molecule has 0 aromatic carbocycles. The summed E-state index contributed by atoms with van der Waals surface area (Å²) in [5.41, 5.74) is 0.669. The van der Waals surface area contributed by atoms with Crippen molar-refractivity contribution in [1.82, 2.24) is 15.4 Å². The van der Waals surface area contributed by atoms with Gasteiger partial charge in [0, 0.05) is 6.07 Å². The first kappa shape index (κ1) is 13.6. The van der Waals surface area contributed by atoms with Gasteiger partial charge in [-0.1, -0.05) is 18.5 Å². The molecule has 2 unspecified atom stereocenters. The number of carbonyl (C=O) groups is 2.